The highest BCUT2D eigenvalue weighted by atomic mass is 16.2. The van der Waals surface area contributed by atoms with Gasteiger partial charge in [-0.2, -0.15) is 0 Å². The number of aryl methyl sites for hydroxylation is 1. The van der Waals surface area contributed by atoms with Crippen LogP contribution < -0.4 is 10.2 Å². The average Bonchev–Trinajstić information content (AvgIpc) is 2.44. The predicted molar refractivity (Wildman–Crippen MR) is 58.8 cm³/mol. The smallest absolute Gasteiger partial charge is 0.240 e. The Morgan fingerprint density at radius 3 is 3.07 bits per heavy atom. The van der Waals surface area contributed by atoms with Gasteiger partial charge in [0.25, 0.3) is 0 Å². The molecule has 0 aliphatic carbocycles. The molecule has 1 N–H and O–H groups in total. The molecule has 0 spiro atoms. The maximum absolute atomic E-state index is 11.7. The minimum Gasteiger partial charge on any atom is -0.310 e. The van der Waals surface area contributed by atoms with Crippen molar-refractivity contribution in [2.75, 3.05) is 24.5 Å². The molecule has 2 heterocycles. The number of pyridine rings is 1. The number of carbonyl (C=O) groups excluding carboxylic acids is 1. The normalized spacial score (nSPS) is 17.7. The van der Waals surface area contributed by atoms with E-state index in [0.717, 1.165) is 30.9 Å². The third kappa shape index (κ3) is 2.33. The minimum absolute atomic E-state index is 0.123. The Bertz CT molecular complexity index is 347. The second-order valence-corrected chi connectivity index (χ2v) is 3.73. The Morgan fingerprint density at radius 2 is 2.33 bits per heavy atom. The van der Waals surface area contributed by atoms with Gasteiger partial charge in [-0.05, 0) is 32.0 Å². The van der Waals surface area contributed by atoms with Crippen molar-refractivity contribution in [2.45, 2.75) is 13.3 Å². The van der Waals surface area contributed by atoms with Gasteiger partial charge in [0.15, 0.2) is 0 Å². The molecule has 1 saturated heterocycles. The Kier molecular flexibility index (Phi) is 2.97. The van der Waals surface area contributed by atoms with Gasteiger partial charge < -0.3 is 10.2 Å². The highest BCUT2D eigenvalue weighted by Crippen LogP contribution is 2.14. The maximum atomic E-state index is 11.7. The maximum Gasteiger partial charge on any atom is 0.240 e. The lowest BCUT2D eigenvalue weighted by Crippen LogP contribution is -2.34. The summed E-state index contributed by atoms with van der Waals surface area (Å²) in [6.45, 7) is 4.04. The van der Waals surface area contributed by atoms with Gasteiger partial charge in [0.1, 0.15) is 0 Å². The standard InChI is InChI=1S/C11H15N3O/c1-9-3-4-10(7-13-9)14-6-2-5-12-8-11(14)15/h3-4,7,12H,2,5-6,8H2,1H3. The van der Waals surface area contributed by atoms with Crippen molar-refractivity contribution in [1.82, 2.24) is 10.3 Å². The summed E-state index contributed by atoms with van der Waals surface area (Å²) < 4.78 is 0. The van der Waals surface area contributed by atoms with Crippen LogP contribution in [0.25, 0.3) is 0 Å². The number of nitrogens with one attached hydrogen (secondary N) is 1. The lowest BCUT2D eigenvalue weighted by molar-refractivity contribution is -0.117. The number of carbonyl (C=O) groups is 1. The molecule has 1 aromatic rings. The molecule has 15 heavy (non-hydrogen) atoms. The molecule has 0 saturated carbocycles. The summed E-state index contributed by atoms with van der Waals surface area (Å²) in [6, 6.07) is 3.88. The van der Waals surface area contributed by atoms with Crippen LogP contribution >= 0.6 is 0 Å². The fourth-order valence-electron chi connectivity index (χ4n) is 1.67. The Labute approximate surface area is 89.3 Å². The van der Waals surface area contributed by atoms with Crippen LogP contribution in [0.3, 0.4) is 0 Å². The van der Waals surface area contributed by atoms with Crippen molar-refractivity contribution in [3.05, 3.63) is 24.0 Å². The van der Waals surface area contributed by atoms with Gasteiger partial charge in [-0.1, -0.05) is 0 Å². The monoisotopic (exact) mass is 205 g/mol. The molecule has 2 rings (SSSR count). The van der Waals surface area contributed by atoms with Gasteiger partial charge in [-0.25, -0.2) is 0 Å². The fourth-order valence-corrected chi connectivity index (χ4v) is 1.67. The zero-order chi connectivity index (χ0) is 10.7. The molecule has 1 fully saturated rings. The highest BCUT2D eigenvalue weighted by molar-refractivity contribution is 5.94. The largest absolute Gasteiger partial charge is 0.310 e. The predicted octanol–water partition coefficient (Wildman–Crippen LogP) is 0.716. The number of hydrogen-bond acceptors (Lipinski definition) is 3. The van der Waals surface area contributed by atoms with E-state index in [9.17, 15) is 4.79 Å². The molecule has 1 aromatic heterocycles. The van der Waals surface area contributed by atoms with Crippen LogP contribution in [0.5, 0.6) is 0 Å². The second-order valence-electron chi connectivity index (χ2n) is 3.73. The first-order chi connectivity index (χ1) is 7.27. The van der Waals surface area contributed by atoms with Crippen molar-refractivity contribution < 1.29 is 4.79 Å². The second kappa shape index (κ2) is 4.40. The van der Waals surface area contributed by atoms with Crippen LogP contribution in [0.4, 0.5) is 5.69 Å². The van der Waals surface area contributed by atoms with Crippen molar-refractivity contribution in [3.8, 4) is 0 Å². The Hall–Kier alpha value is -1.42. The number of rotatable bonds is 1. The van der Waals surface area contributed by atoms with Gasteiger partial charge in [-0.15, -0.1) is 0 Å². The topological polar surface area (TPSA) is 45.2 Å². The number of amides is 1. The number of aromatic nitrogens is 1. The summed E-state index contributed by atoms with van der Waals surface area (Å²) in [5, 5.41) is 3.10. The van der Waals surface area contributed by atoms with E-state index in [-0.39, 0.29) is 5.91 Å². The van der Waals surface area contributed by atoms with Gasteiger partial charge in [-0.3, -0.25) is 9.78 Å². The average molecular weight is 205 g/mol. The first-order valence-electron chi connectivity index (χ1n) is 5.21. The van der Waals surface area contributed by atoms with Crippen LogP contribution in [-0.2, 0) is 4.79 Å². The van der Waals surface area contributed by atoms with Crippen molar-refractivity contribution in [3.63, 3.8) is 0 Å². The van der Waals surface area contributed by atoms with E-state index in [1.807, 2.05) is 19.1 Å². The van der Waals surface area contributed by atoms with E-state index in [0.29, 0.717) is 6.54 Å². The van der Waals surface area contributed by atoms with Crippen LogP contribution in [0.1, 0.15) is 12.1 Å². The molecule has 0 radical (unpaired) electrons. The first kappa shape index (κ1) is 10.1. The highest BCUT2D eigenvalue weighted by Gasteiger charge is 2.17. The summed E-state index contributed by atoms with van der Waals surface area (Å²) in [4.78, 5) is 17.7. The molecule has 0 bridgehead atoms. The van der Waals surface area contributed by atoms with E-state index >= 15 is 0 Å². The molecular formula is C11H15N3O. The Morgan fingerprint density at radius 1 is 1.47 bits per heavy atom. The van der Waals surface area contributed by atoms with Crippen molar-refractivity contribution in [1.29, 1.82) is 0 Å². The lowest BCUT2D eigenvalue weighted by Gasteiger charge is -2.19. The molecule has 80 valence electrons. The lowest BCUT2D eigenvalue weighted by atomic mass is 10.3. The van der Waals surface area contributed by atoms with Gasteiger partial charge >= 0.3 is 0 Å². The summed E-state index contributed by atoms with van der Waals surface area (Å²) in [6.07, 6.45) is 2.75. The third-order valence-corrected chi connectivity index (χ3v) is 2.52. The van der Waals surface area contributed by atoms with Crippen LogP contribution in [0, 0.1) is 6.92 Å². The van der Waals surface area contributed by atoms with Crippen molar-refractivity contribution >= 4 is 11.6 Å². The van der Waals surface area contributed by atoms with E-state index < -0.39 is 0 Å². The molecule has 4 heteroatoms. The van der Waals surface area contributed by atoms with E-state index in [2.05, 4.69) is 10.3 Å². The number of hydrogen-bond donors (Lipinski definition) is 1. The zero-order valence-corrected chi connectivity index (χ0v) is 8.86. The summed E-state index contributed by atoms with van der Waals surface area (Å²) in [5.74, 6) is 0.123. The SMILES string of the molecule is Cc1ccc(N2CCCNCC2=O)cn1. The fraction of sp³-hybridized carbons (Fsp3) is 0.455. The first-order valence-corrected chi connectivity index (χ1v) is 5.21. The molecule has 0 aromatic carbocycles. The van der Waals surface area contributed by atoms with Crippen LogP contribution in [0.2, 0.25) is 0 Å². The van der Waals surface area contributed by atoms with E-state index in [1.165, 1.54) is 0 Å². The molecule has 1 aliphatic rings. The van der Waals surface area contributed by atoms with Gasteiger partial charge in [0.05, 0.1) is 18.4 Å². The van der Waals surface area contributed by atoms with Crippen LogP contribution in [-0.4, -0.2) is 30.5 Å². The Balaban J connectivity index is 2.20. The minimum atomic E-state index is 0.123. The summed E-state index contributed by atoms with van der Waals surface area (Å²) >= 11 is 0. The third-order valence-electron chi connectivity index (χ3n) is 2.52. The molecule has 1 aliphatic heterocycles. The number of nitrogens with zero attached hydrogens (tertiary/aromatic N) is 2. The molecule has 1 amide bonds. The quantitative estimate of drug-likeness (QED) is 0.734. The number of anilines is 1. The van der Waals surface area contributed by atoms with E-state index in [4.69, 9.17) is 0 Å². The molecular weight excluding hydrogens is 190 g/mol. The van der Waals surface area contributed by atoms with Crippen LogP contribution in [0.15, 0.2) is 18.3 Å². The van der Waals surface area contributed by atoms with Crippen molar-refractivity contribution in [2.24, 2.45) is 0 Å². The molecule has 0 atom stereocenters. The van der Waals surface area contributed by atoms with Gasteiger partial charge in [0.2, 0.25) is 5.91 Å². The van der Waals surface area contributed by atoms with E-state index in [1.54, 1.807) is 11.1 Å². The molecule has 4 nitrogen and oxygen atoms in total. The zero-order valence-electron chi connectivity index (χ0n) is 8.86. The summed E-state index contributed by atoms with van der Waals surface area (Å²) in [5.41, 5.74) is 1.87. The summed E-state index contributed by atoms with van der Waals surface area (Å²) in [7, 11) is 0. The van der Waals surface area contributed by atoms with Gasteiger partial charge in [0, 0.05) is 12.2 Å². The molecule has 0 unspecified atom stereocenters.